The highest BCUT2D eigenvalue weighted by Gasteiger charge is 2.34. The van der Waals surface area contributed by atoms with Crippen LogP contribution < -0.4 is 5.32 Å². The standard InChI is InChI=1S/C12H16N2O3S2/c1-8(4-9-2-3-18-5-9)13-12(17)14-7-19-6-10(14)11(15)16/h2-3,5,8,10H,4,6-7H2,1H3,(H,13,17)(H,15,16)/t8?,10-/m1/s1. The molecule has 0 saturated carbocycles. The summed E-state index contributed by atoms with van der Waals surface area (Å²) < 4.78 is 0. The van der Waals surface area contributed by atoms with Gasteiger partial charge in [-0.3, -0.25) is 0 Å². The largest absolute Gasteiger partial charge is 0.480 e. The lowest BCUT2D eigenvalue weighted by atomic mass is 10.1. The molecule has 0 spiro atoms. The molecule has 0 aromatic carbocycles. The molecule has 1 unspecified atom stereocenters. The maximum atomic E-state index is 12.0. The highest BCUT2D eigenvalue weighted by molar-refractivity contribution is 7.99. The second-order valence-corrected chi connectivity index (χ2v) is 6.29. The molecule has 2 N–H and O–H groups in total. The van der Waals surface area contributed by atoms with Crippen LogP contribution in [0.2, 0.25) is 0 Å². The molecule has 1 aromatic heterocycles. The molecule has 2 heterocycles. The van der Waals surface area contributed by atoms with Crippen LogP contribution in [0.4, 0.5) is 4.79 Å². The average Bonchev–Trinajstić information content (AvgIpc) is 2.97. The van der Waals surface area contributed by atoms with Crippen molar-refractivity contribution in [1.82, 2.24) is 10.2 Å². The first-order valence-electron chi connectivity index (χ1n) is 5.96. The molecule has 5 nitrogen and oxygen atoms in total. The van der Waals surface area contributed by atoms with Gasteiger partial charge in [-0.2, -0.15) is 11.3 Å². The van der Waals surface area contributed by atoms with E-state index in [2.05, 4.69) is 10.7 Å². The maximum Gasteiger partial charge on any atom is 0.327 e. The summed E-state index contributed by atoms with van der Waals surface area (Å²) in [6.45, 7) is 1.93. The van der Waals surface area contributed by atoms with Crippen LogP contribution in [0.3, 0.4) is 0 Å². The number of hydrogen-bond acceptors (Lipinski definition) is 4. The summed E-state index contributed by atoms with van der Waals surface area (Å²) in [5, 5.41) is 16.0. The first-order valence-corrected chi connectivity index (χ1v) is 8.06. The molecule has 1 aliphatic rings. The van der Waals surface area contributed by atoms with E-state index in [0.29, 0.717) is 11.6 Å². The van der Waals surface area contributed by atoms with Gasteiger partial charge in [-0.1, -0.05) is 0 Å². The first kappa shape index (κ1) is 14.2. The second-order valence-electron chi connectivity index (χ2n) is 4.51. The van der Waals surface area contributed by atoms with Gasteiger partial charge in [0.2, 0.25) is 0 Å². The van der Waals surface area contributed by atoms with E-state index in [0.717, 1.165) is 6.42 Å². The summed E-state index contributed by atoms with van der Waals surface area (Å²) in [5.41, 5.74) is 1.18. The van der Waals surface area contributed by atoms with Crippen LogP contribution in [0, 0.1) is 0 Å². The van der Waals surface area contributed by atoms with E-state index in [9.17, 15) is 9.59 Å². The zero-order valence-corrected chi connectivity index (χ0v) is 12.2. The van der Waals surface area contributed by atoms with Crippen molar-refractivity contribution < 1.29 is 14.7 Å². The van der Waals surface area contributed by atoms with E-state index in [1.54, 1.807) is 11.3 Å². The van der Waals surface area contributed by atoms with Gasteiger partial charge in [0.05, 0.1) is 5.88 Å². The Morgan fingerprint density at radius 1 is 1.63 bits per heavy atom. The normalized spacial score (nSPS) is 20.3. The van der Waals surface area contributed by atoms with Gasteiger partial charge in [0.15, 0.2) is 0 Å². The maximum absolute atomic E-state index is 12.0. The predicted molar refractivity (Wildman–Crippen MR) is 76.6 cm³/mol. The molecule has 1 aromatic rings. The fourth-order valence-corrected chi connectivity index (χ4v) is 3.78. The fourth-order valence-electron chi connectivity index (χ4n) is 1.95. The van der Waals surface area contributed by atoms with Crippen LogP contribution in [-0.4, -0.2) is 45.7 Å². The van der Waals surface area contributed by atoms with Crippen LogP contribution in [0.25, 0.3) is 0 Å². The molecule has 0 radical (unpaired) electrons. The van der Waals surface area contributed by atoms with E-state index < -0.39 is 12.0 Å². The van der Waals surface area contributed by atoms with E-state index >= 15 is 0 Å². The van der Waals surface area contributed by atoms with Gasteiger partial charge in [-0.25, -0.2) is 9.59 Å². The molecule has 0 bridgehead atoms. The van der Waals surface area contributed by atoms with Crippen molar-refractivity contribution in [2.45, 2.75) is 25.4 Å². The highest BCUT2D eigenvalue weighted by Crippen LogP contribution is 2.21. The van der Waals surface area contributed by atoms with Gasteiger partial charge in [-0.15, -0.1) is 11.8 Å². The number of thiophene rings is 1. The lowest BCUT2D eigenvalue weighted by Crippen LogP contribution is -2.49. The summed E-state index contributed by atoms with van der Waals surface area (Å²) in [6, 6.07) is 1.01. The number of rotatable bonds is 4. The molecule has 1 aliphatic heterocycles. The monoisotopic (exact) mass is 300 g/mol. The molecule has 19 heavy (non-hydrogen) atoms. The Hall–Kier alpha value is -1.21. The Kier molecular flexibility index (Phi) is 4.71. The van der Waals surface area contributed by atoms with Gasteiger partial charge in [0, 0.05) is 11.8 Å². The van der Waals surface area contributed by atoms with Crippen LogP contribution in [0.5, 0.6) is 0 Å². The number of aliphatic carboxylic acids is 1. The predicted octanol–water partition coefficient (Wildman–Crippen LogP) is 1.85. The molecule has 1 fully saturated rings. The molecule has 2 amide bonds. The molecular formula is C12H16N2O3S2. The number of carboxylic acids is 1. The highest BCUT2D eigenvalue weighted by atomic mass is 32.2. The minimum atomic E-state index is -0.939. The van der Waals surface area contributed by atoms with Crippen LogP contribution in [-0.2, 0) is 11.2 Å². The summed E-state index contributed by atoms with van der Waals surface area (Å²) >= 11 is 3.09. The Morgan fingerprint density at radius 2 is 2.42 bits per heavy atom. The van der Waals surface area contributed by atoms with Crippen molar-refractivity contribution in [3.63, 3.8) is 0 Å². The number of carbonyl (C=O) groups excluding carboxylic acids is 1. The number of carbonyl (C=O) groups is 2. The lowest BCUT2D eigenvalue weighted by Gasteiger charge is -2.23. The Labute approximate surface area is 120 Å². The van der Waals surface area contributed by atoms with Crippen LogP contribution >= 0.6 is 23.1 Å². The summed E-state index contributed by atoms with van der Waals surface area (Å²) in [4.78, 5) is 24.5. The third-order valence-electron chi connectivity index (χ3n) is 2.92. The Morgan fingerprint density at radius 3 is 3.05 bits per heavy atom. The Balaban J connectivity index is 1.88. The smallest absolute Gasteiger partial charge is 0.327 e. The van der Waals surface area contributed by atoms with Crippen molar-refractivity contribution in [3.05, 3.63) is 22.4 Å². The summed E-state index contributed by atoms with van der Waals surface area (Å²) in [6.07, 6.45) is 0.758. The first-order chi connectivity index (χ1) is 9.08. The number of thioether (sulfide) groups is 1. The Bertz CT molecular complexity index is 450. The van der Waals surface area contributed by atoms with E-state index in [4.69, 9.17) is 5.11 Å². The fraction of sp³-hybridized carbons (Fsp3) is 0.500. The van der Waals surface area contributed by atoms with Crippen LogP contribution in [0.1, 0.15) is 12.5 Å². The molecule has 7 heteroatoms. The van der Waals surface area contributed by atoms with Gasteiger partial charge in [-0.05, 0) is 35.7 Å². The topological polar surface area (TPSA) is 69.6 Å². The number of nitrogens with zero attached hydrogens (tertiary/aromatic N) is 1. The van der Waals surface area contributed by atoms with Crippen molar-refractivity contribution in [2.24, 2.45) is 0 Å². The van der Waals surface area contributed by atoms with E-state index in [-0.39, 0.29) is 12.1 Å². The molecule has 1 saturated heterocycles. The molecule has 2 rings (SSSR count). The molecular weight excluding hydrogens is 284 g/mol. The van der Waals surface area contributed by atoms with Crippen molar-refractivity contribution >= 4 is 35.1 Å². The molecule has 104 valence electrons. The summed E-state index contributed by atoms with van der Waals surface area (Å²) in [5.74, 6) is -0.0408. The number of amides is 2. The van der Waals surface area contributed by atoms with Gasteiger partial charge in [0.1, 0.15) is 6.04 Å². The quantitative estimate of drug-likeness (QED) is 0.890. The number of hydrogen-bond donors (Lipinski definition) is 2. The van der Waals surface area contributed by atoms with Crippen LogP contribution in [0.15, 0.2) is 16.8 Å². The third kappa shape index (κ3) is 3.63. The van der Waals surface area contributed by atoms with Crippen molar-refractivity contribution in [1.29, 1.82) is 0 Å². The zero-order chi connectivity index (χ0) is 13.8. The SMILES string of the molecule is CC(Cc1ccsc1)NC(=O)N1CSC[C@@H]1C(=O)O. The summed E-state index contributed by atoms with van der Waals surface area (Å²) in [7, 11) is 0. The number of urea groups is 1. The number of carboxylic acid groups (broad SMARTS) is 1. The minimum absolute atomic E-state index is 0.0119. The van der Waals surface area contributed by atoms with E-state index in [1.807, 2.05) is 18.4 Å². The molecule has 0 aliphatic carbocycles. The van der Waals surface area contributed by atoms with Gasteiger partial charge >= 0.3 is 12.0 Å². The lowest BCUT2D eigenvalue weighted by molar-refractivity contribution is -0.140. The van der Waals surface area contributed by atoms with E-state index in [1.165, 1.54) is 22.2 Å². The van der Waals surface area contributed by atoms with Crippen molar-refractivity contribution in [3.8, 4) is 0 Å². The third-order valence-corrected chi connectivity index (χ3v) is 4.66. The zero-order valence-electron chi connectivity index (χ0n) is 10.5. The average molecular weight is 300 g/mol. The van der Waals surface area contributed by atoms with Gasteiger partial charge < -0.3 is 15.3 Å². The van der Waals surface area contributed by atoms with Gasteiger partial charge in [0.25, 0.3) is 0 Å². The molecule has 2 atom stereocenters. The number of nitrogens with one attached hydrogen (secondary N) is 1. The second kappa shape index (κ2) is 6.29. The minimum Gasteiger partial charge on any atom is -0.480 e. The van der Waals surface area contributed by atoms with Crippen molar-refractivity contribution in [2.75, 3.05) is 11.6 Å².